The predicted octanol–water partition coefficient (Wildman–Crippen LogP) is 5.10. The average Bonchev–Trinajstić information content (AvgIpc) is 3.32. The number of nitrogens with one attached hydrogen (secondary N) is 1. The number of rotatable bonds is 5. The highest BCUT2D eigenvalue weighted by Gasteiger charge is 2.28. The molecular weight excluding hydrogens is 384 g/mol. The first-order valence-electron chi connectivity index (χ1n) is 11.2. The van der Waals surface area contributed by atoms with Gasteiger partial charge in [0.2, 0.25) is 0 Å². The highest BCUT2D eigenvalue weighted by Crippen LogP contribution is 2.27. The molecule has 1 atom stereocenters. The van der Waals surface area contributed by atoms with Gasteiger partial charge in [0.1, 0.15) is 11.5 Å². The summed E-state index contributed by atoms with van der Waals surface area (Å²) >= 11 is 0. The maximum atomic E-state index is 8.93. The molecule has 1 unspecified atom stereocenters. The van der Waals surface area contributed by atoms with Crippen molar-refractivity contribution in [2.75, 3.05) is 36.4 Å². The Kier molecular flexibility index (Phi) is 5.64. The Morgan fingerprint density at radius 1 is 0.935 bits per heavy atom. The van der Waals surface area contributed by atoms with Gasteiger partial charge < -0.3 is 14.6 Å². The standard InChI is InChI=1S/C26H28N4O/c27-17-20-4-6-21(7-5-20)26-13-12-25(31-26)18-28-22-8-10-23(11-9-22)30-16-15-29-14-2-1-3-24(29)19-30/h4-13,24,28H,1-3,14-16,18-19H2. The molecule has 0 amide bonds. The summed E-state index contributed by atoms with van der Waals surface area (Å²) in [6.07, 6.45) is 4.07. The van der Waals surface area contributed by atoms with Crippen molar-refractivity contribution in [3.63, 3.8) is 0 Å². The fraction of sp³-hybridized carbons (Fsp3) is 0.346. The molecule has 158 valence electrons. The summed E-state index contributed by atoms with van der Waals surface area (Å²) in [5.74, 6) is 1.70. The maximum absolute atomic E-state index is 8.93. The Bertz CT molecular complexity index is 1050. The van der Waals surface area contributed by atoms with Crippen LogP contribution in [0, 0.1) is 11.3 Å². The lowest BCUT2D eigenvalue weighted by molar-refractivity contribution is 0.133. The number of nitrogens with zero attached hydrogens (tertiary/aromatic N) is 3. The number of piperidine rings is 1. The summed E-state index contributed by atoms with van der Waals surface area (Å²) in [6.45, 7) is 5.37. The van der Waals surface area contributed by atoms with Crippen molar-refractivity contribution in [1.82, 2.24) is 4.90 Å². The normalized spacial score (nSPS) is 18.9. The Balaban J connectivity index is 1.17. The molecule has 2 aliphatic heterocycles. The smallest absolute Gasteiger partial charge is 0.134 e. The number of benzene rings is 2. The third kappa shape index (κ3) is 4.45. The second-order valence-electron chi connectivity index (χ2n) is 8.49. The Morgan fingerprint density at radius 2 is 1.77 bits per heavy atom. The van der Waals surface area contributed by atoms with Gasteiger partial charge in [0.15, 0.2) is 0 Å². The van der Waals surface area contributed by atoms with Crippen LogP contribution in [0.1, 0.15) is 30.6 Å². The van der Waals surface area contributed by atoms with Gasteiger partial charge >= 0.3 is 0 Å². The van der Waals surface area contributed by atoms with E-state index < -0.39 is 0 Å². The number of nitriles is 1. The highest BCUT2D eigenvalue weighted by atomic mass is 16.3. The second kappa shape index (κ2) is 8.87. The van der Waals surface area contributed by atoms with Crippen LogP contribution < -0.4 is 10.2 Å². The minimum Gasteiger partial charge on any atom is -0.459 e. The van der Waals surface area contributed by atoms with Crippen LogP contribution in [0.5, 0.6) is 0 Å². The molecule has 2 aliphatic rings. The Morgan fingerprint density at radius 3 is 2.58 bits per heavy atom. The lowest BCUT2D eigenvalue weighted by Crippen LogP contribution is -2.54. The Hall–Kier alpha value is -3.23. The van der Waals surface area contributed by atoms with Crippen LogP contribution in [0.15, 0.2) is 65.1 Å². The summed E-state index contributed by atoms with van der Waals surface area (Å²) in [5.41, 5.74) is 4.04. The van der Waals surface area contributed by atoms with Gasteiger partial charge in [-0.1, -0.05) is 6.42 Å². The first-order chi connectivity index (χ1) is 15.3. The molecule has 0 aliphatic carbocycles. The molecule has 0 radical (unpaired) electrons. The first kappa shape index (κ1) is 19.7. The van der Waals surface area contributed by atoms with Crippen molar-refractivity contribution in [3.05, 3.63) is 72.0 Å². The van der Waals surface area contributed by atoms with Crippen LogP contribution in [-0.2, 0) is 6.54 Å². The van der Waals surface area contributed by atoms with Crippen LogP contribution in [0.4, 0.5) is 11.4 Å². The summed E-state index contributed by atoms with van der Waals surface area (Å²) in [5, 5.41) is 12.4. The third-order valence-electron chi connectivity index (χ3n) is 6.50. The van der Waals surface area contributed by atoms with Crippen LogP contribution in [0.25, 0.3) is 11.3 Å². The lowest BCUT2D eigenvalue weighted by atomic mass is 9.99. The molecule has 0 saturated carbocycles. The number of furan rings is 1. The molecule has 5 nitrogen and oxygen atoms in total. The van der Waals surface area contributed by atoms with Crippen molar-refractivity contribution in [3.8, 4) is 17.4 Å². The SMILES string of the molecule is N#Cc1ccc(-c2ccc(CNc3ccc(N4CCN5CCCCC5C4)cc3)o2)cc1. The summed E-state index contributed by atoms with van der Waals surface area (Å²) < 4.78 is 5.98. The fourth-order valence-corrected chi connectivity index (χ4v) is 4.71. The van der Waals surface area contributed by atoms with E-state index in [0.717, 1.165) is 41.9 Å². The van der Waals surface area contributed by atoms with Gasteiger partial charge in [0, 0.05) is 42.6 Å². The third-order valence-corrected chi connectivity index (χ3v) is 6.50. The molecule has 0 bridgehead atoms. The van der Waals surface area contributed by atoms with E-state index in [1.54, 1.807) is 0 Å². The number of hydrogen-bond donors (Lipinski definition) is 1. The number of hydrogen-bond acceptors (Lipinski definition) is 5. The highest BCUT2D eigenvalue weighted by molar-refractivity contribution is 5.59. The monoisotopic (exact) mass is 412 g/mol. The summed E-state index contributed by atoms with van der Waals surface area (Å²) in [7, 11) is 0. The van der Waals surface area contributed by atoms with Crippen molar-refractivity contribution in [2.24, 2.45) is 0 Å². The predicted molar refractivity (Wildman–Crippen MR) is 124 cm³/mol. The molecule has 1 aromatic heterocycles. The van der Waals surface area contributed by atoms with Gasteiger partial charge in [0.25, 0.3) is 0 Å². The fourth-order valence-electron chi connectivity index (χ4n) is 4.71. The van der Waals surface area contributed by atoms with E-state index >= 15 is 0 Å². The summed E-state index contributed by atoms with van der Waals surface area (Å²) in [6, 6.07) is 23.1. The van der Waals surface area contributed by atoms with Gasteiger partial charge in [0.05, 0.1) is 18.2 Å². The number of piperazine rings is 1. The van der Waals surface area contributed by atoms with Gasteiger partial charge in [-0.05, 0) is 80.1 Å². The van der Waals surface area contributed by atoms with E-state index in [-0.39, 0.29) is 0 Å². The van der Waals surface area contributed by atoms with Gasteiger partial charge in [-0.15, -0.1) is 0 Å². The van der Waals surface area contributed by atoms with Crippen molar-refractivity contribution in [1.29, 1.82) is 5.26 Å². The van der Waals surface area contributed by atoms with Crippen molar-refractivity contribution < 1.29 is 4.42 Å². The molecule has 5 rings (SSSR count). The van der Waals surface area contributed by atoms with Gasteiger partial charge in [-0.25, -0.2) is 0 Å². The molecule has 2 fully saturated rings. The molecule has 31 heavy (non-hydrogen) atoms. The minimum atomic E-state index is 0.635. The van der Waals surface area contributed by atoms with E-state index in [0.29, 0.717) is 12.1 Å². The molecule has 2 aromatic carbocycles. The van der Waals surface area contributed by atoms with Gasteiger partial charge in [-0.3, -0.25) is 4.90 Å². The van der Waals surface area contributed by atoms with E-state index in [2.05, 4.69) is 45.5 Å². The van der Waals surface area contributed by atoms with Crippen LogP contribution in [0.3, 0.4) is 0 Å². The molecule has 5 heteroatoms. The molecule has 2 saturated heterocycles. The van der Waals surface area contributed by atoms with Crippen molar-refractivity contribution in [2.45, 2.75) is 31.8 Å². The minimum absolute atomic E-state index is 0.635. The molecule has 3 heterocycles. The largest absolute Gasteiger partial charge is 0.459 e. The van der Waals surface area contributed by atoms with E-state index in [9.17, 15) is 0 Å². The van der Waals surface area contributed by atoms with E-state index in [4.69, 9.17) is 9.68 Å². The van der Waals surface area contributed by atoms with Gasteiger partial charge in [-0.2, -0.15) is 5.26 Å². The zero-order valence-corrected chi connectivity index (χ0v) is 17.8. The quantitative estimate of drug-likeness (QED) is 0.631. The summed E-state index contributed by atoms with van der Waals surface area (Å²) in [4.78, 5) is 5.21. The molecular formula is C26H28N4O. The molecule has 0 spiro atoms. The van der Waals surface area contributed by atoms with Crippen LogP contribution in [0.2, 0.25) is 0 Å². The van der Waals surface area contributed by atoms with Crippen LogP contribution in [-0.4, -0.2) is 37.1 Å². The maximum Gasteiger partial charge on any atom is 0.134 e. The van der Waals surface area contributed by atoms with Crippen molar-refractivity contribution >= 4 is 11.4 Å². The number of fused-ring (bicyclic) bond motifs is 1. The zero-order valence-electron chi connectivity index (χ0n) is 17.8. The topological polar surface area (TPSA) is 55.4 Å². The zero-order chi connectivity index (χ0) is 21.0. The second-order valence-corrected chi connectivity index (χ2v) is 8.49. The number of anilines is 2. The molecule has 3 aromatic rings. The molecule has 1 N–H and O–H groups in total. The van der Waals surface area contributed by atoms with E-state index in [1.165, 1.54) is 38.0 Å². The average molecular weight is 413 g/mol. The van der Waals surface area contributed by atoms with E-state index in [1.807, 2.05) is 36.4 Å². The first-order valence-corrected chi connectivity index (χ1v) is 11.2. The lowest BCUT2D eigenvalue weighted by Gasteiger charge is -2.45. The van der Waals surface area contributed by atoms with Crippen LogP contribution >= 0.6 is 0 Å². The Labute approximate surface area is 183 Å².